The van der Waals surface area contributed by atoms with Gasteiger partial charge < -0.3 is 26.4 Å². The Morgan fingerprint density at radius 1 is 1.11 bits per heavy atom. The van der Waals surface area contributed by atoms with Crippen LogP contribution in [-0.4, -0.2) is 41.8 Å². The van der Waals surface area contributed by atoms with Crippen LogP contribution >= 0.6 is 11.3 Å². The number of hydrogen-bond acceptors (Lipinski definition) is 8. The molecule has 0 saturated heterocycles. The van der Waals surface area contributed by atoms with Gasteiger partial charge in [-0.2, -0.15) is 0 Å². The number of nitrogens with two attached hydrogens (primary N) is 2. The Morgan fingerprint density at radius 3 is 2.30 bits per heavy atom. The zero-order valence-electron chi connectivity index (χ0n) is 21.1. The summed E-state index contributed by atoms with van der Waals surface area (Å²) < 4.78 is 19.0. The van der Waals surface area contributed by atoms with Gasteiger partial charge in [0.25, 0.3) is 5.91 Å². The third-order valence-corrected chi connectivity index (χ3v) is 6.33. The second-order valence-electron chi connectivity index (χ2n) is 9.62. The Morgan fingerprint density at radius 2 is 1.73 bits per heavy atom. The lowest BCUT2D eigenvalue weighted by molar-refractivity contribution is -0.123. The fourth-order valence-electron chi connectivity index (χ4n) is 3.21. The predicted octanol–water partition coefficient (Wildman–Crippen LogP) is 3.65. The van der Waals surface area contributed by atoms with Crippen molar-refractivity contribution in [2.75, 3.05) is 23.8 Å². The van der Waals surface area contributed by atoms with Crippen LogP contribution in [0.3, 0.4) is 0 Å². The number of nitrogens with zero attached hydrogens (tertiary/aromatic N) is 2. The molecule has 3 rings (SSSR count). The van der Waals surface area contributed by atoms with E-state index in [2.05, 4.69) is 10.3 Å². The van der Waals surface area contributed by atoms with Gasteiger partial charge in [-0.1, -0.05) is 32.1 Å². The second-order valence-corrected chi connectivity index (χ2v) is 10.6. The summed E-state index contributed by atoms with van der Waals surface area (Å²) in [5.74, 6) is -1.27. The Balaban J connectivity index is 1.76. The van der Waals surface area contributed by atoms with Crippen molar-refractivity contribution in [1.29, 1.82) is 0 Å². The third-order valence-electron chi connectivity index (χ3n) is 5.26. The summed E-state index contributed by atoms with van der Waals surface area (Å²) >= 11 is 0.996. The molecule has 196 valence electrons. The molecule has 11 heteroatoms. The number of aromatic nitrogens is 1. The average Bonchev–Trinajstić information content (AvgIpc) is 3.22. The van der Waals surface area contributed by atoms with Gasteiger partial charge >= 0.3 is 0 Å². The van der Waals surface area contributed by atoms with Gasteiger partial charge in [-0.15, -0.1) is 0 Å². The van der Waals surface area contributed by atoms with Gasteiger partial charge in [0, 0.05) is 17.8 Å². The Labute approximate surface area is 218 Å². The number of anilines is 3. The third kappa shape index (κ3) is 7.26. The van der Waals surface area contributed by atoms with Gasteiger partial charge in [0.1, 0.15) is 28.3 Å². The highest BCUT2D eigenvalue weighted by Crippen LogP contribution is 2.36. The van der Waals surface area contributed by atoms with E-state index >= 15 is 0 Å². The van der Waals surface area contributed by atoms with Crippen molar-refractivity contribution in [3.8, 4) is 5.75 Å². The second kappa shape index (κ2) is 11.4. The van der Waals surface area contributed by atoms with E-state index in [4.69, 9.17) is 16.2 Å². The minimum Gasteiger partial charge on any atom is -0.484 e. The number of carbonyl (C=O) groups is 3. The number of carbonyl (C=O) groups excluding carboxylic acids is 3. The van der Waals surface area contributed by atoms with Gasteiger partial charge in [-0.25, -0.2) is 9.37 Å². The predicted molar refractivity (Wildman–Crippen MR) is 142 cm³/mol. The number of rotatable bonds is 10. The molecule has 1 unspecified atom stereocenters. The van der Waals surface area contributed by atoms with E-state index in [-0.39, 0.29) is 39.5 Å². The summed E-state index contributed by atoms with van der Waals surface area (Å²) in [6, 6.07) is 10.9. The quantitative estimate of drug-likeness (QED) is 0.342. The number of halogens is 1. The normalized spacial score (nSPS) is 12.0. The van der Waals surface area contributed by atoms with E-state index in [1.54, 1.807) is 31.2 Å². The van der Waals surface area contributed by atoms with Crippen LogP contribution in [-0.2, 0) is 9.59 Å². The molecule has 1 atom stereocenters. The highest BCUT2D eigenvalue weighted by atomic mass is 32.1. The van der Waals surface area contributed by atoms with Gasteiger partial charge in [-0.3, -0.25) is 14.4 Å². The maximum absolute atomic E-state index is 13.5. The van der Waals surface area contributed by atoms with Crippen molar-refractivity contribution in [3.63, 3.8) is 0 Å². The number of primary amides is 1. The molecule has 0 saturated carbocycles. The van der Waals surface area contributed by atoms with E-state index < -0.39 is 17.8 Å². The fourth-order valence-corrected chi connectivity index (χ4v) is 4.26. The van der Waals surface area contributed by atoms with Crippen molar-refractivity contribution in [2.24, 2.45) is 11.1 Å². The number of benzene rings is 2. The molecule has 0 spiro atoms. The summed E-state index contributed by atoms with van der Waals surface area (Å²) in [7, 11) is 0. The van der Waals surface area contributed by atoms with Crippen LogP contribution in [0.15, 0.2) is 48.5 Å². The van der Waals surface area contributed by atoms with Gasteiger partial charge in [0.15, 0.2) is 11.7 Å². The Kier molecular flexibility index (Phi) is 8.49. The van der Waals surface area contributed by atoms with Crippen LogP contribution in [0.1, 0.15) is 42.9 Å². The summed E-state index contributed by atoms with van der Waals surface area (Å²) in [6.07, 6.45) is 0. The first-order valence-corrected chi connectivity index (χ1v) is 12.3. The molecule has 3 aromatic rings. The molecule has 2 aromatic carbocycles. The number of thiazole rings is 1. The van der Waals surface area contributed by atoms with Gasteiger partial charge in [0.2, 0.25) is 11.7 Å². The van der Waals surface area contributed by atoms with Crippen LogP contribution < -0.4 is 26.4 Å². The summed E-state index contributed by atoms with van der Waals surface area (Å²) in [5, 5.41) is 3.07. The maximum Gasteiger partial charge on any atom is 0.257 e. The van der Waals surface area contributed by atoms with Crippen LogP contribution in [0.2, 0.25) is 0 Å². The van der Waals surface area contributed by atoms with E-state index in [9.17, 15) is 18.8 Å². The monoisotopic (exact) mass is 527 g/mol. The first-order valence-electron chi connectivity index (χ1n) is 11.5. The van der Waals surface area contributed by atoms with E-state index in [0.29, 0.717) is 23.5 Å². The van der Waals surface area contributed by atoms with Crippen LogP contribution in [0.4, 0.5) is 21.0 Å². The molecule has 9 nitrogen and oxygen atoms in total. The van der Waals surface area contributed by atoms with Crippen molar-refractivity contribution in [3.05, 3.63) is 64.8 Å². The molecule has 37 heavy (non-hydrogen) atoms. The molecular weight excluding hydrogens is 497 g/mol. The number of ether oxygens (including phenoxy) is 1. The topological polar surface area (TPSA) is 141 Å². The van der Waals surface area contributed by atoms with Crippen LogP contribution in [0.5, 0.6) is 5.75 Å². The van der Waals surface area contributed by atoms with Gasteiger partial charge in [0.05, 0.1) is 0 Å². The number of nitrogen functional groups attached to an aromatic ring is 1. The van der Waals surface area contributed by atoms with Crippen LogP contribution in [0.25, 0.3) is 0 Å². The smallest absolute Gasteiger partial charge is 0.257 e. The lowest BCUT2D eigenvalue weighted by atomic mass is 9.97. The highest BCUT2D eigenvalue weighted by molar-refractivity contribution is 7.18. The zero-order valence-corrected chi connectivity index (χ0v) is 21.9. The molecule has 0 aliphatic heterocycles. The number of ketones is 1. The minimum atomic E-state index is -0.837. The lowest BCUT2D eigenvalue weighted by Crippen LogP contribution is -2.39. The Bertz CT molecular complexity index is 1270. The summed E-state index contributed by atoms with van der Waals surface area (Å²) in [6.45, 7) is 8.00. The molecule has 0 aliphatic carbocycles. The number of hydrogen-bond donors (Lipinski definition) is 3. The minimum absolute atomic E-state index is 0.00960. The highest BCUT2D eigenvalue weighted by Gasteiger charge is 2.27. The van der Waals surface area contributed by atoms with E-state index in [0.717, 1.165) is 11.3 Å². The van der Waals surface area contributed by atoms with Crippen molar-refractivity contribution in [2.45, 2.75) is 33.7 Å². The van der Waals surface area contributed by atoms with E-state index in [1.165, 1.54) is 29.2 Å². The van der Waals surface area contributed by atoms with E-state index in [1.807, 2.05) is 20.8 Å². The van der Waals surface area contributed by atoms with Crippen molar-refractivity contribution >= 4 is 45.6 Å². The molecule has 5 N–H and O–H groups in total. The zero-order chi connectivity index (χ0) is 27.3. The molecule has 0 aliphatic rings. The van der Waals surface area contributed by atoms with Crippen LogP contribution in [0, 0.1) is 11.2 Å². The SMILES string of the molecule is CC(C(N)=O)N(c1ccc(F)cc1)c1nc(N)c(C(=O)c2ccc(OCC(=O)NCC(C)(C)C)cc2)s1. The number of amides is 2. The lowest BCUT2D eigenvalue weighted by Gasteiger charge is -2.26. The molecule has 0 radical (unpaired) electrons. The largest absolute Gasteiger partial charge is 0.484 e. The average molecular weight is 528 g/mol. The van der Waals surface area contributed by atoms with Crippen molar-refractivity contribution < 1.29 is 23.5 Å². The fraction of sp³-hybridized carbons (Fsp3) is 0.308. The molecule has 0 bridgehead atoms. The number of nitrogens with one attached hydrogen (secondary N) is 1. The standard InChI is InChI=1S/C26H30FN5O4S/c1-15(24(29)35)32(18-9-7-17(27)8-10-18)25-31-23(28)22(37-25)21(34)16-5-11-19(12-6-16)36-13-20(33)30-14-26(2,3)4/h5-12,15H,13-14,28H2,1-4H3,(H2,29,35)(H,30,33). The first-order chi connectivity index (χ1) is 17.4. The molecule has 1 aromatic heterocycles. The molecule has 2 amide bonds. The summed E-state index contributed by atoms with van der Waals surface area (Å²) in [5.41, 5.74) is 12.4. The molecule has 1 heterocycles. The Hall–Kier alpha value is -3.99. The van der Waals surface area contributed by atoms with Gasteiger partial charge in [-0.05, 0) is 60.9 Å². The molecule has 0 fully saturated rings. The van der Waals surface area contributed by atoms with Crippen molar-refractivity contribution in [1.82, 2.24) is 10.3 Å². The molecular formula is C26H30FN5O4S. The summed E-state index contributed by atoms with van der Waals surface area (Å²) in [4.78, 5) is 43.1. The maximum atomic E-state index is 13.5. The first kappa shape index (κ1) is 27.6.